The first-order valence-electron chi connectivity index (χ1n) is 9.13. The molecule has 1 amide bonds. The van der Waals surface area contributed by atoms with Crippen molar-refractivity contribution in [3.05, 3.63) is 53.2 Å². The van der Waals surface area contributed by atoms with E-state index in [4.69, 9.17) is 9.47 Å². The number of halogens is 2. The van der Waals surface area contributed by atoms with E-state index in [-0.39, 0.29) is 23.3 Å². The van der Waals surface area contributed by atoms with Crippen molar-refractivity contribution in [2.45, 2.75) is 6.42 Å². The van der Waals surface area contributed by atoms with Crippen LogP contribution in [0.2, 0.25) is 0 Å². The molecule has 29 heavy (non-hydrogen) atoms. The second-order valence-electron chi connectivity index (χ2n) is 6.76. The number of aromatic amines is 1. The van der Waals surface area contributed by atoms with Crippen LogP contribution in [0.3, 0.4) is 0 Å². The Hall–Kier alpha value is -3.26. The first-order chi connectivity index (χ1) is 14.0. The van der Waals surface area contributed by atoms with Crippen molar-refractivity contribution in [1.82, 2.24) is 10.2 Å². The molecule has 0 bridgehead atoms. The Kier molecular flexibility index (Phi) is 5.26. The maximum atomic E-state index is 14.4. The number of rotatable bonds is 5. The molecule has 3 aromatic rings. The molecule has 6 nitrogen and oxygen atoms in total. The third-order valence-corrected chi connectivity index (χ3v) is 4.85. The molecule has 2 aromatic carbocycles. The Morgan fingerprint density at radius 1 is 1.28 bits per heavy atom. The van der Waals surface area contributed by atoms with Gasteiger partial charge in [0.2, 0.25) is 5.91 Å². The van der Waals surface area contributed by atoms with Crippen LogP contribution in [0.25, 0.3) is 23.1 Å². The van der Waals surface area contributed by atoms with Crippen molar-refractivity contribution in [2.75, 3.05) is 25.6 Å². The molecule has 1 fully saturated rings. The molecule has 1 saturated heterocycles. The normalized spacial score (nSPS) is 16.6. The highest BCUT2D eigenvalue weighted by atomic mass is 19.1. The van der Waals surface area contributed by atoms with Crippen molar-refractivity contribution in [1.29, 1.82) is 0 Å². The maximum absolute atomic E-state index is 14.4. The first kappa shape index (κ1) is 19.1. The van der Waals surface area contributed by atoms with E-state index in [0.717, 1.165) is 0 Å². The minimum absolute atomic E-state index is 0.0842. The highest BCUT2D eigenvalue weighted by Crippen LogP contribution is 2.27. The Morgan fingerprint density at radius 2 is 2.14 bits per heavy atom. The van der Waals surface area contributed by atoms with Gasteiger partial charge in [-0.2, -0.15) is 5.10 Å². The molecule has 4 rings (SSSR count). The van der Waals surface area contributed by atoms with Gasteiger partial charge in [0.25, 0.3) is 0 Å². The summed E-state index contributed by atoms with van der Waals surface area (Å²) in [6, 6.07) is 7.42. The number of anilines is 1. The Bertz CT molecular complexity index is 1090. The van der Waals surface area contributed by atoms with Crippen LogP contribution >= 0.6 is 0 Å². The number of nitrogens with zero attached hydrogens (tertiary/aromatic N) is 1. The summed E-state index contributed by atoms with van der Waals surface area (Å²) in [5.74, 6) is -1.41. The van der Waals surface area contributed by atoms with Crippen LogP contribution in [0.4, 0.5) is 14.5 Å². The summed E-state index contributed by atoms with van der Waals surface area (Å²) < 4.78 is 38.3. The number of carbonyl (C=O) groups is 1. The maximum Gasteiger partial charge on any atom is 0.229 e. The molecule has 0 aliphatic carbocycles. The standard InChI is InChI=1S/C21H19F2N3O3/c1-28-20-5-3-12(8-16(20)23)2-4-17-14-9-19(15(22)10-18(14)26-25-17)24-21(27)13-6-7-29-11-13/h2-5,8-10,13H,6-7,11H2,1H3,(H,24,27)(H,25,26)/b4-2+. The van der Waals surface area contributed by atoms with E-state index < -0.39 is 11.6 Å². The second-order valence-corrected chi connectivity index (χ2v) is 6.76. The molecular formula is C21H19F2N3O3. The van der Waals surface area contributed by atoms with Gasteiger partial charge < -0.3 is 14.8 Å². The fourth-order valence-electron chi connectivity index (χ4n) is 3.22. The fourth-order valence-corrected chi connectivity index (χ4v) is 3.22. The third kappa shape index (κ3) is 3.97. The van der Waals surface area contributed by atoms with E-state index in [2.05, 4.69) is 15.5 Å². The van der Waals surface area contributed by atoms with Gasteiger partial charge in [0, 0.05) is 18.1 Å². The average Bonchev–Trinajstić information content (AvgIpc) is 3.37. The smallest absolute Gasteiger partial charge is 0.229 e. The van der Waals surface area contributed by atoms with E-state index in [1.54, 1.807) is 18.2 Å². The van der Waals surface area contributed by atoms with E-state index in [1.165, 1.54) is 31.4 Å². The molecular weight excluding hydrogens is 380 g/mol. The number of hydrogen-bond donors (Lipinski definition) is 2. The number of carbonyl (C=O) groups excluding carboxylic acids is 1. The molecule has 1 aliphatic heterocycles. The number of fused-ring (bicyclic) bond motifs is 1. The molecule has 150 valence electrons. The molecule has 8 heteroatoms. The lowest BCUT2D eigenvalue weighted by Crippen LogP contribution is -2.23. The monoisotopic (exact) mass is 399 g/mol. The highest BCUT2D eigenvalue weighted by Gasteiger charge is 2.24. The summed E-state index contributed by atoms with van der Waals surface area (Å²) in [4.78, 5) is 12.3. The van der Waals surface area contributed by atoms with Gasteiger partial charge in [-0.05, 0) is 36.3 Å². The predicted octanol–water partition coefficient (Wildman–Crippen LogP) is 4.00. The minimum Gasteiger partial charge on any atom is -0.494 e. The molecule has 0 radical (unpaired) electrons. The van der Waals surface area contributed by atoms with Gasteiger partial charge in [-0.15, -0.1) is 0 Å². The van der Waals surface area contributed by atoms with Crippen LogP contribution in [-0.2, 0) is 9.53 Å². The van der Waals surface area contributed by atoms with E-state index in [0.29, 0.717) is 41.8 Å². The number of H-pyrrole nitrogens is 1. The van der Waals surface area contributed by atoms with Crippen LogP contribution in [0, 0.1) is 17.6 Å². The molecule has 2 heterocycles. The number of ether oxygens (including phenoxy) is 2. The highest BCUT2D eigenvalue weighted by molar-refractivity contribution is 5.97. The van der Waals surface area contributed by atoms with Gasteiger partial charge in [-0.25, -0.2) is 8.78 Å². The number of benzene rings is 2. The van der Waals surface area contributed by atoms with Crippen LogP contribution in [0.1, 0.15) is 17.7 Å². The van der Waals surface area contributed by atoms with Gasteiger partial charge >= 0.3 is 0 Å². The number of hydrogen-bond acceptors (Lipinski definition) is 4. The number of aromatic nitrogens is 2. The van der Waals surface area contributed by atoms with Crippen LogP contribution in [-0.4, -0.2) is 36.4 Å². The second kappa shape index (κ2) is 8.00. The van der Waals surface area contributed by atoms with Crippen LogP contribution in [0.15, 0.2) is 30.3 Å². The SMILES string of the molecule is COc1ccc(/C=C/c2n[nH]c3cc(F)c(NC(=O)C4CCOC4)cc23)cc1F. The van der Waals surface area contributed by atoms with Gasteiger partial charge in [0.05, 0.1) is 36.5 Å². The van der Waals surface area contributed by atoms with Crippen molar-refractivity contribution >= 4 is 34.6 Å². The average molecular weight is 399 g/mol. The summed E-state index contributed by atoms with van der Waals surface area (Å²) >= 11 is 0. The van der Waals surface area contributed by atoms with Crippen molar-refractivity contribution in [3.8, 4) is 5.75 Å². The Balaban J connectivity index is 1.60. The fraction of sp³-hybridized carbons (Fsp3) is 0.238. The molecule has 1 aromatic heterocycles. The zero-order valence-electron chi connectivity index (χ0n) is 15.7. The van der Waals surface area contributed by atoms with Crippen LogP contribution < -0.4 is 10.1 Å². The van der Waals surface area contributed by atoms with Gasteiger partial charge in [-0.1, -0.05) is 12.1 Å². The minimum atomic E-state index is -0.554. The number of methoxy groups -OCH3 is 1. The Labute approximate surface area is 165 Å². The van der Waals surface area contributed by atoms with Crippen molar-refractivity contribution in [2.24, 2.45) is 5.92 Å². The lowest BCUT2D eigenvalue weighted by molar-refractivity contribution is -0.119. The quantitative estimate of drug-likeness (QED) is 0.680. The van der Waals surface area contributed by atoms with Gasteiger partial charge in [-0.3, -0.25) is 9.89 Å². The number of amides is 1. The molecule has 0 spiro atoms. The zero-order valence-corrected chi connectivity index (χ0v) is 15.7. The van der Waals surface area contributed by atoms with Gasteiger partial charge in [0.1, 0.15) is 5.82 Å². The predicted molar refractivity (Wildman–Crippen MR) is 105 cm³/mol. The van der Waals surface area contributed by atoms with Crippen molar-refractivity contribution < 1.29 is 23.0 Å². The van der Waals surface area contributed by atoms with E-state index in [1.807, 2.05) is 0 Å². The summed E-state index contributed by atoms with van der Waals surface area (Å²) in [5.41, 5.74) is 1.73. The zero-order chi connectivity index (χ0) is 20.4. The third-order valence-electron chi connectivity index (χ3n) is 4.85. The summed E-state index contributed by atoms with van der Waals surface area (Å²) in [6.07, 6.45) is 4.00. The summed E-state index contributed by atoms with van der Waals surface area (Å²) in [5, 5.41) is 10.2. The van der Waals surface area contributed by atoms with Gasteiger partial charge in [0.15, 0.2) is 11.6 Å². The van der Waals surface area contributed by atoms with E-state index in [9.17, 15) is 13.6 Å². The largest absolute Gasteiger partial charge is 0.494 e. The van der Waals surface area contributed by atoms with Crippen LogP contribution in [0.5, 0.6) is 5.75 Å². The number of nitrogens with one attached hydrogen (secondary N) is 2. The van der Waals surface area contributed by atoms with E-state index >= 15 is 0 Å². The molecule has 1 aliphatic rings. The molecule has 1 unspecified atom stereocenters. The molecule has 0 saturated carbocycles. The lowest BCUT2D eigenvalue weighted by Gasteiger charge is -2.10. The van der Waals surface area contributed by atoms with Crippen molar-refractivity contribution in [3.63, 3.8) is 0 Å². The first-order valence-corrected chi connectivity index (χ1v) is 9.13. The molecule has 2 N–H and O–H groups in total. The lowest BCUT2D eigenvalue weighted by atomic mass is 10.1. The Morgan fingerprint density at radius 3 is 2.86 bits per heavy atom. The summed E-state index contributed by atoms with van der Waals surface area (Å²) in [6.45, 7) is 0.871. The topological polar surface area (TPSA) is 76.2 Å². The molecule has 1 atom stereocenters. The summed E-state index contributed by atoms with van der Waals surface area (Å²) in [7, 11) is 1.40.